The Morgan fingerprint density at radius 1 is 1.17 bits per heavy atom. The molecule has 5 nitrogen and oxygen atoms in total. The lowest BCUT2D eigenvalue weighted by atomic mass is 10.2. The van der Waals surface area contributed by atoms with Crippen LogP contribution in [0.4, 0.5) is 0 Å². The monoisotopic (exact) mass is 330 g/mol. The van der Waals surface area contributed by atoms with Gasteiger partial charge in [-0.2, -0.15) is 4.98 Å². The number of nitrogens with zero attached hydrogens (tertiary/aromatic N) is 2. The van der Waals surface area contributed by atoms with Gasteiger partial charge in [0.1, 0.15) is 11.5 Å². The van der Waals surface area contributed by atoms with Crippen LogP contribution in [0.5, 0.6) is 11.5 Å². The van der Waals surface area contributed by atoms with E-state index in [1.165, 1.54) is 0 Å². The molecule has 1 aromatic heterocycles. The minimum Gasteiger partial charge on any atom is -0.497 e. The summed E-state index contributed by atoms with van der Waals surface area (Å²) in [7, 11) is 1.61. The first-order valence-corrected chi connectivity index (χ1v) is 7.39. The van der Waals surface area contributed by atoms with Gasteiger partial charge < -0.3 is 14.0 Å². The van der Waals surface area contributed by atoms with Gasteiger partial charge in [-0.05, 0) is 36.8 Å². The fourth-order valence-corrected chi connectivity index (χ4v) is 2.23. The number of methoxy groups -OCH3 is 1. The van der Waals surface area contributed by atoms with Crippen LogP contribution in [0.1, 0.15) is 11.5 Å². The third-order valence-corrected chi connectivity index (χ3v) is 3.55. The van der Waals surface area contributed by atoms with Gasteiger partial charge >= 0.3 is 0 Å². The van der Waals surface area contributed by atoms with Crippen molar-refractivity contribution in [2.24, 2.45) is 0 Å². The Balaban J connectivity index is 1.73. The molecule has 0 aliphatic carbocycles. The smallest absolute Gasteiger partial charge is 0.264 e. The zero-order chi connectivity index (χ0) is 16.2. The standard InChI is InChI=1S/C17H15ClN2O3/c1-11-6-7-14(18)15(8-11)22-10-16-19-17(20-23-16)12-4-3-5-13(9-12)21-2/h3-9H,10H2,1-2H3. The van der Waals surface area contributed by atoms with Gasteiger partial charge in [-0.3, -0.25) is 0 Å². The molecule has 23 heavy (non-hydrogen) atoms. The SMILES string of the molecule is COc1cccc(-c2noc(COc3cc(C)ccc3Cl)n2)c1. The molecule has 3 rings (SSSR count). The summed E-state index contributed by atoms with van der Waals surface area (Å²) in [6, 6.07) is 13.0. The summed E-state index contributed by atoms with van der Waals surface area (Å²) < 4.78 is 16.0. The van der Waals surface area contributed by atoms with Crippen molar-refractivity contribution in [3.05, 3.63) is 58.9 Å². The number of benzene rings is 2. The van der Waals surface area contributed by atoms with E-state index < -0.39 is 0 Å². The summed E-state index contributed by atoms with van der Waals surface area (Å²) in [5.41, 5.74) is 1.87. The van der Waals surface area contributed by atoms with E-state index in [0.29, 0.717) is 22.5 Å². The predicted molar refractivity (Wildman–Crippen MR) is 86.8 cm³/mol. The molecule has 118 valence electrons. The summed E-state index contributed by atoms with van der Waals surface area (Å²) in [5.74, 6) is 2.18. The van der Waals surface area contributed by atoms with E-state index in [1.54, 1.807) is 13.2 Å². The van der Waals surface area contributed by atoms with E-state index in [2.05, 4.69) is 10.1 Å². The highest BCUT2D eigenvalue weighted by atomic mass is 35.5. The lowest BCUT2D eigenvalue weighted by molar-refractivity contribution is 0.243. The fraction of sp³-hybridized carbons (Fsp3) is 0.176. The highest BCUT2D eigenvalue weighted by molar-refractivity contribution is 6.32. The molecule has 2 aromatic carbocycles. The second kappa shape index (κ2) is 6.71. The molecule has 0 saturated carbocycles. The molecular formula is C17H15ClN2O3. The van der Waals surface area contributed by atoms with Crippen molar-refractivity contribution < 1.29 is 14.0 Å². The van der Waals surface area contributed by atoms with Crippen LogP contribution in [-0.2, 0) is 6.61 Å². The van der Waals surface area contributed by atoms with Crippen LogP contribution in [0.2, 0.25) is 5.02 Å². The molecule has 3 aromatic rings. The van der Waals surface area contributed by atoms with Gasteiger partial charge in [-0.1, -0.05) is 35.0 Å². The Morgan fingerprint density at radius 3 is 2.87 bits per heavy atom. The molecule has 0 atom stereocenters. The zero-order valence-corrected chi connectivity index (χ0v) is 13.5. The van der Waals surface area contributed by atoms with E-state index in [9.17, 15) is 0 Å². The van der Waals surface area contributed by atoms with E-state index in [4.69, 9.17) is 25.6 Å². The highest BCUT2D eigenvalue weighted by Gasteiger charge is 2.11. The summed E-state index contributed by atoms with van der Waals surface area (Å²) in [4.78, 5) is 4.32. The van der Waals surface area contributed by atoms with Crippen molar-refractivity contribution in [2.75, 3.05) is 7.11 Å². The number of hydrogen-bond acceptors (Lipinski definition) is 5. The first-order valence-electron chi connectivity index (χ1n) is 7.01. The maximum Gasteiger partial charge on any atom is 0.264 e. The molecule has 0 spiro atoms. The van der Waals surface area contributed by atoms with Crippen molar-refractivity contribution in [1.29, 1.82) is 0 Å². The number of aryl methyl sites for hydroxylation is 1. The van der Waals surface area contributed by atoms with Gasteiger partial charge in [0.15, 0.2) is 6.61 Å². The second-order valence-electron chi connectivity index (χ2n) is 4.97. The first kappa shape index (κ1) is 15.4. The fourth-order valence-electron chi connectivity index (χ4n) is 2.05. The lowest BCUT2D eigenvalue weighted by Crippen LogP contribution is -1.96. The van der Waals surface area contributed by atoms with Crippen molar-refractivity contribution in [2.45, 2.75) is 13.5 Å². The van der Waals surface area contributed by atoms with Gasteiger partial charge in [0.25, 0.3) is 5.89 Å². The van der Waals surface area contributed by atoms with Crippen LogP contribution in [0.25, 0.3) is 11.4 Å². The number of halogens is 1. The average molecular weight is 331 g/mol. The van der Waals surface area contributed by atoms with Crippen LogP contribution in [-0.4, -0.2) is 17.3 Å². The third-order valence-electron chi connectivity index (χ3n) is 3.23. The van der Waals surface area contributed by atoms with Gasteiger partial charge in [-0.15, -0.1) is 0 Å². The molecule has 0 unspecified atom stereocenters. The molecule has 0 N–H and O–H groups in total. The van der Waals surface area contributed by atoms with Crippen LogP contribution >= 0.6 is 11.6 Å². The van der Waals surface area contributed by atoms with Crippen molar-refractivity contribution in [3.63, 3.8) is 0 Å². The molecule has 6 heteroatoms. The van der Waals surface area contributed by atoms with Gasteiger partial charge in [0.2, 0.25) is 5.82 Å². The summed E-state index contributed by atoms with van der Waals surface area (Å²) in [6.45, 7) is 2.12. The van der Waals surface area contributed by atoms with Crippen LogP contribution in [0, 0.1) is 6.92 Å². The van der Waals surface area contributed by atoms with Gasteiger partial charge in [0, 0.05) is 5.56 Å². The third kappa shape index (κ3) is 3.63. The van der Waals surface area contributed by atoms with Crippen LogP contribution < -0.4 is 9.47 Å². The van der Waals surface area contributed by atoms with E-state index in [-0.39, 0.29) is 6.61 Å². The maximum absolute atomic E-state index is 6.09. The molecule has 0 aliphatic heterocycles. The summed E-state index contributed by atoms with van der Waals surface area (Å²) >= 11 is 6.09. The number of hydrogen-bond donors (Lipinski definition) is 0. The van der Waals surface area contributed by atoms with E-state index in [0.717, 1.165) is 16.9 Å². The molecule has 0 fully saturated rings. The summed E-state index contributed by atoms with van der Waals surface area (Å²) in [6.07, 6.45) is 0. The molecule has 1 heterocycles. The molecule has 0 radical (unpaired) electrons. The zero-order valence-electron chi connectivity index (χ0n) is 12.7. The number of aromatic nitrogens is 2. The highest BCUT2D eigenvalue weighted by Crippen LogP contribution is 2.26. The molecule has 0 aliphatic rings. The van der Waals surface area contributed by atoms with E-state index >= 15 is 0 Å². The van der Waals surface area contributed by atoms with Gasteiger partial charge in [0.05, 0.1) is 12.1 Å². The number of rotatable bonds is 5. The molecule has 0 saturated heterocycles. The predicted octanol–water partition coefficient (Wildman–Crippen LogP) is 4.29. The molecule has 0 bridgehead atoms. The number of ether oxygens (including phenoxy) is 2. The van der Waals surface area contributed by atoms with Crippen molar-refractivity contribution in [1.82, 2.24) is 10.1 Å². The molecule has 0 amide bonds. The Morgan fingerprint density at radius 2 is 2.04 bits per heavy atom. The normalized spacial score (nSPS) is 10.6. The minimum atomic E-state index is 0.153. The quantitative estimate of drug-likeness (QED) is 0.698. The Kier molecular flexibility index (Phi) is 4.48. The van der Waals surface area contributed by atoms with Crippen LogP contribution in [0.3, 0.4) is 0 Å². The minimum absolute atomic E-state index is 0.153. The van der Waals surface area contributed by atoms with E-state index in [1.807, 2.05) is 43.3 Å². The lowest BCUT2D eigenvalue weighted by Gasteiger charge is -2.06. The average Bonchev–Trinajstić information content (AvgIpc) is 3.05. The largest absolute Gasteiger partial charge is 0.497 e. The molecular weight excluding hydrogens is 316 g/mol. The first-order chi connectivity index (χ1) is 11.2. The topological polar surface area (TPSA) is 57.4 Å². The second-order valence-corrected chi connectivity index (χ2v) is 5.37. The van der Waals surface area contributed by atoms with Crippen molar-refractivity contribution in [3.8, 4) is 22.9 Å². The van der Waals surface area contributed by atoms with Crippen LogP contribution in [0.15, 0.2) is 47.0 Å². The van der Waals surface area contributed by atoms with Gasteiger partial charge in [-0.25, -0.2) is 0 Å². The maximum atomic E-state index is 6.09. The summed E-state index contributed by atoms with van der Waals surface area (Å²) in [5, 5.41) is 4.50. The Hall–Kier alpha value is -2.53. The van der Waals surface area contributed by atoms with Crippen molar-refractivity contribution >= 4 is 11.6 Å². The Labute approximate surface area is 138 Å². The Bertz CT molecular complexity index is 817.